The van der Waals surface area contributed by atoms with E-state index in [1.807, 2.05) is 0 Å². The van der Waals surface area contributed by atoms with Gasteiger partial charge >= 0.3 is 90.3 Å². The van der Waals surface area contributed by atoms with E-state index in [1.54, 1.807) is 0 Å². The minimum absolute atomic E-state index is 0.626. The van der Waals surface area contributed by atoms with E-state index in [2.05, 4.69) is 55.4 Å². The topological polar surface area (TPSA) is 26.0 Å². The third-order valence-corrected chi connectivity index (χ3v) is 14.3. The van der Waals surface area contributed by atoms with Crippen molar-refractivity contribution in [3.63, 3.8) is 0 Å². The summed E-state index contributed by atoms with van der Waals surface area (Å²) in [7, 11) is 0. The van der Waals surface area contributed by atoms with Crippen LogP contribution in [0.5, 0.6) is 0 Å². The van der Waals surface area contributed by atoms with E-state index in [1.165, 1.54) is 0 Å². The van der Waals surface area contributed by atoms with E-state index in [0.717, 1.165) is 0 Å². The maximum absolute atomic E-state index is 7.02. The van der Waals surface area contributed by atoms with Crippen LogP contribution in [0.4, 0.5) is 0 Å². The van der Waals surface area contributed by atoms with Gasteiger partial charge in [-0.15, -0.1) is 0 Å². The van der Waals surface area contributed by atoms with Gasteiger partial charge in [0.2, 0.25) is 0 Å². The summed E-state index contributed by atoms with van der Waals surface area (Å²) in [6.07, 6.45) is 0. The van der Waals surface area contributed by atoms with Gasteiger partial charge in [-0.3, -0.25) is 0 Å². The van der Waals surface area contributed by atoms with Crippen LogP contribution in [0.1, 0.15) is 55.4 Å². The van der Waals surface area contributed by atoms with Crippen molar-refractivity contribution in [3.8, 4) is 0 Å². The van der Waals surface area contributed by atoms with Crippen LogP contribution < -0.4 is 5.50 Å². The molecule has 0 atom stereocenters. The predicted molar refractivity (Wildman–Crippen MR) is 71.7 cm³/mol. The first-order chi connectivity index (χ1) is 6.10. The van der Waals surface area contributed by atoms with Crippen LogP contribution >= 0.6 is 6.75 Å². The third-order valence-electron chi connectivity index (χ3n) is 4.77. The van der Waals surface area contributed by atoms with Gasteiger partial charge in [-0.05, 0) is 0 Å². The Bertz CT molecular complexity index is 151. The maximum atomic E-state index is 7.02. The Labute approximate surface area is 90.8 Å². The first kappa shape index (κ1) is 14.4. The fourth-order valence-electron chi connectivity index (χ4n) is 3.58. The van der Waals surface area contributed by atoms with Gasteiger partial charge < -0.3 is 0 Å². The molecule has 0 saturated carbocycles. The Morgan fingerprint density at radius 1 is 0.571 bits per heavy atom. The van der Waals surface area contributed by atoms with Gasteiger partial charge in [-0.1, -0.05) is 0 Å². The summed E-state index contributed by atoms with van der Waals surface area (Å²) in [6, 6.07) is 0. The molecule has 0 aliphatic heterocycles. The van der Waals surface area contributed by atoms with Crippen LogP contribution in [0, 0.1) is 0 Å². The van der Waals surface area contributed by atoms with E-state index in [0.29, 0.717) is 22.6 Å². The molecule has 0 spiro atoms. The molecule has 0 radical (unpaired) electrons. The average Bonchev–Trinajstić information content (AvgIpc) is 2.00. The number of hydrogen-bond donors (Lipinski definition) is 1. The molecular formula is C12H30NP. The zero-order chi connectivity index (χ0) is 11.8. The van der Waals surface area contributed by atoms with Crippen LogP contribution in [-0.4, -0.2) is 22.6 Å². The van der Waals surface area contributed by atoms with Crippen LogP contribution in [0.2, 0.25) is 0 Å². The van der Waals surface area contributed by atoms with Crippen LogP contribution in [0.15, 0.2) is 0 Å². The van der Waals surface area contributed by atoms with Crippen molar-refractivity contribution in [1.29, 1.82) is 0 Å². The molecule has 0 bridgehead atoms. The molecule has 0 saturated heterocycles. The van der Waals surface area contributed by atoms with Gasteiger partial charge in [0, 0.05) is 0 Å². The zero-order valence-electron chi connectivity index (χ0n) is 11.3. The Morgan fingerprint density at radius 3 is 0.714 bits per heavy atom. The van der Waals surface area contributed by atoms with Crippen molar-refractivity contribution in [2.24, 2.45) is 5.50 Å². The van der Waals surface area contributed by atoms with E-state index in [-0.39, 0.29) is 0 Å². The van der Waals surface area contributed by atoms with Crippen molar-refractivity contribution < 1.29 is 0 Å². The summed E-state index contributed by atoms with van der Waals surface area (Å²) < 4.78 is 0. The molecule has 88 valence electrons. The molecule has 0 heterocycles. The van der Waals surface area contributed by atoms with Gasteiger partial charge in [0.15, 0.2) is 0 Å². The molecule has 0 rings (SSSR count). The normalized spacial score (nSPS) is 16.8. The van der Waals surface area contributed by atoms with E-state index in [4.69, 9.17) is 5.50 Å². The second kappa shape index (κ2) is 4.10. The van der Waals surface area contributed by atoms with Crippen molar-refractivity contribution in [2.75, 3.05) is 0 Å². The van der Waals surface area contributed by atoms with Gasteiger partial charge in [0.25, 0.3) is 0 Å². The summed E-state index contributed by atoms with van der Waals surface area (Å²) in [5.74, 6) is 0. The van der Waals surface area contributed by atoms with Crippen LogP contribution in [0.25, 0.3) is 0 Å². The summed E-state index contributed by atoms with van der Waals surface area (Å²) in [5, 5.41) is 0. The van der Waals surface area contributed by atoms with Crippen molar-refractivity contribution in [1.82, 2.24) is 0 Å². The molecule has 0 aromatic carbocycles. The summed E-state index contributed by atoms with van der Waals surface area (Å²) in [4.78, 5) is 0. The molecule has 0 fully saturated rings. The summed E-state index contributed by atoms with van der Waals surface area (Å²) in [5.41, 5.74) is 9.53. The Kier molecular flexibility index (Phi) is 4.21. The van der Waals surface area contributed by atoms with Gasteiger partial charge in [-0.25, -0.2) is 0 Å². The van der Waals surface area contributed by atoms with Gasteiger partial charge in [0.05, 0.1) is 0 Å². The van der Waals surface area contributed by atoms with E-state index < -0.39 is 6.75 Å². The Hall–Kier alpha value is 0.390. The molecule has 0 unspecified atom stereocenters. The predicted octanol–water partition coefficient (Wildman–Crippen LogP) is 4.05. The minimum atomic E-state index is -2.09. The molecule has 0 aromatic rings. The van der Waals surface area contributed by atoms with Gasteiger partial charge in [-0.2, -0.15) is 0 Å². The molecule has 1 nitrogen and oxygen atoms in total. The standard InChI is InChI=1S/C12H30NP/c1-9(2)14(13,10(3)4,11(5)6)12(7)8/h9-12H,13H2,1-8H3. The monoisotopic (exact) mass is 219 g/mol. The second-order valence-corrected chi connectivity index (χ2v) is 13.0. The van der Waals surface area contributed by atoms with E-state index in [9.17, 15) is 0 Å². The fraction of sp³-hybridized carbons (Fsp3) is 1.00. The van der Waals surface area contributed by atoms with Gasteiger partial charge in [0.1, 0.15) is 0 Å². The van der Waals surface area contributed by atoms with Crippen LogP contribution in [0.3, 0.4) is 0 Å². The van der Waals surface area contributed by atoms with Crippen molar-refractivity contribution in [3.05, 3.63) is 0 Å². The molecule has 0 aliphatic carbocycles. The third kappa shape index (κ3) is 1.53. The molecule has 2 N–H and O–H groups in total. The zero-order valence-corrected chi connectivity index (χ0v) is 12.2. The quantitative estimate of drug-likeness (QED) is 0.709. The number of rotatable bonds is 4. The molecular weight excluding hydrogens is 189 g/mol. The first-order valence-corrected chi connectivity index (χ1v) is 8.49. The molecule has 2 heteroatoms. The van der Waals surface area contributed by atoms with Crippen molar-refractivity contribution >= 4 is 6.75 Å². The molecule has 14 heavy (non-hydrogen) atoms. The second-order valence-electron chi connectivity index (χ2n) is 5.87. The SMILES string of the molecule is CC(C)P(N)(C(C)C)(C(C)C)C(C)C. The molecule has 0 aliphatic rings. The van der Waals surface area contributed by atoms with E-state index >= 15 is 0 Å². The fourth-order valence-corrected chi connectivity index (χ4v) is 10.7. The molecule has 0 amide bonds. The number of nitrogens with two attached hydrogens (primary N) is 1. The van der Waals surface area contributed by atoms with Crippen molar-refractivity contribution in [2.45, 2.75) is 78.0 Å². The average molecular weight is 219 g/mol. The first-order valence-electron chi connectivity index (χ1n) is 5.91. The Balaban J connectivity index is 5.62. The summed E-state index contributed by atoms with van der Waals surface area (Å²) >= 11 is 0. The number of hydrogen-bond acceptors (Lipinski definition) is 1. The Morgan fingerprint density at radius 2 is 0.714 bits per heavy atom. The van der Waals surface area contributed by atoms with Crippen LogP contribution in [-0.2, 0) is 0 Å². The molecule has 0 aromatic heterocycles. The summed E-state index contributed by atoms with van der Waals surface area (Å²) in [6.45, 7) is 16.5.